The van der Waals surface area contributed by atoms with Crippen molar-refractivity contribution < 1.29 is 8.42 Å². The molecule has 1 saturated carbocycles. The molecule has 0 saturated heterocycles. The van der Waals surface area contributed by atoms with Crippen LogP contribution < -0.4 is 4.72 Å². The minimum absolute atomic E-state index is 0.0623. The number of aromatic nitrogens is 3. The zero-order valence-corrected chi connectivity index (χ0v) is 12.8. The van der Waals surface area contributed by atoms with E-state index in [1.165, 1.54) is 11.7 Å². The van der Waals surface area contributed by atoms with Crippen LogP contribution in [-0.2, 0) is 17.1 Å². The maximum Gasteiger partial charge on any atom is 0.261 e. The van der Waals surface area contributed by atoms with E-state index in [0.717, 1.165) is 19.3 Å². The van der Waals surface area contributed by atoms with Crippen molar-refractivity contribution in [3.63, 3.8) is 0 Å². The second-order valence-corrected chi connectivity index (χ2v) is 7.02. The van der Waals surface area contributed by atoms with Gasteiger partial charge in [-0.1, -0.05) is 24.5 Å². The molecule has 1 heterocycles. The predicted octanol–water partition coefficient (Wildman–Crippen LogP) is 1.08. The van der Waals surface area contributed by atoms with Gasteiger partial charge in [-0.15, -0.1) is 5.10 Å². The highest BCUT2D eigenvalue weighted by atomic mass is 79.9. The van der Waals surface area contributed by atoms with E-state index in [-0.39, 0.29) is 9.63 Å². The fourth-order valence-corrected chi connectivity index (χ4v) is 4.78. The largest absolute Gasteiger partial charge is 0.261 e. The first-order valence-corrected chi connectivity index (χ1v) is 8.18. The SMILES string of the molecule is Cn1nnc(Br)c1S(=O)(=O)NC1(C#N)CCCCC1. The summed E-state index contributed by atoms with van der Waals surface area (Å²) in [5.74, 6) is 0. The van der Waals surface area contributed by atoms with Gasteiger partial charge in [0, 0.05) is 7.05 Å². The lowest BCUT2D eigenvalue weighted by molar-refractivity contribution is 0.337. The Labute approximate surface area is 120 Å². The van der Waals surface area contributed by atoms with Gasteiger partial charge in [0.1, 0.15) is 5.54 Å². The fraction of sp³-hybridized carbons (Fsp3) is 0.700. The molecular formula is C10H14BrN5O2S. The molecule has 0 amide bonds. The van der Waals surface area contributed by atoms with Gasteiger partial charge in [0.2, 0.25) is 5.03 Å². The van der Waals surface area contributed by atoms with Crippen LogP contribution in [0.4, 0.5) is 0 Å². The van der Waals surface area contributed by atoms with Crippen LogP contribution in [0.25, 0.3) is 0 Å². The topological polar surface area (TPSA) is 101 Å². The zero-order chi connectivity index (χ0) is 14.1. The molecule has 1 aromatic rings. The lowest BCUT2D eigenvalue weighted by Crippen LogP contribution is -2.48. The van der Waals surface area contributed by atoms with Crippen LogP contribution in [0.3, 0.4) is 0 Å². The van der Waals surface area contributed by atoms with Gasteiger partial charge in [0.15, 0.2) is 4.60 Å². The van der Waals surface area contributed by atoms with E-state index in [0.29, 0.717) is 12.8 Å². The van der Waals surface area contributed by atoms with Crippen LogP contribution in [0.2, 0.25) is 0 Å². The van der Waals surface area contributed by atoms with E-state index >= 15 is 0 Å². The molecule has 1 N–H and O–H groups in total. The Balaban J connectivity index is 2.34. The van der Waals surface area contributed by atoms with Crippen molar-refractivity contribution in [2.75, 3.05) is 0 Å². The Hall–Kier alpha value is -0.980. The summed E-state index contributed by atoms with van der Waals surface area (Å²) in [6.45, 7) is 0. The van der Waals surface area contributed by atoms with Gasteiger partial charge in [0.05, 0.1) is 6.07 Å². The molecule has 0 unspecified atom stereocenters. The maximum absolute atomic E-state index is 12.4. The molecule has 0 radical (unpaired) electrons. The summed E-state index contributed by atoms with van der Waals surface area (Å²) in [5.41, 5.74) is -1.01. The molecule has 104 valence electrons. The van der Waals surface area contributed by atoms with E-state index in [2.05, 4.69) is 37.0 Å². The van der Waals surface area contributed by atoms with Gasteiger partial charge in [0.25, 0.3) is 10.0 Å². The molecule has 1 aliphatic carbocycles. The fourth-order valence-electron chi connectivity index (χ4n) is 2.31. The maximum atomic E-state index is 12.4. The highest BCUT2D eigenvalue weighted by Gasteiger charge is 2.38. The monoisotopic (exact) mass is 347 g/mol. The molecule has 1 aliphatic rings. The molecule has 2 rings (SSSR count). The molecular weight excluding hydrogens is 334 g/mol. The highest BCUT2D eigenvalue weighted by molar-refractivity contribution is 9.10. The molecule has 7 nitrogen and oxygen atoms in total. The normalized spacial score (nSPS) is 19.0. The summed E-state index contributed by atoms with van der Waals surface area (Å²) in [5, 5.41) is 16.5. The molecule has 1 aromatic heterocycles. The van der Waals surface area contributed by atoms with Crippen molar-refractivity contribution in [3.8, 4) is 6.07 Å². The number of sulfonamides is 1. The third kappa shape index (κ3) is 2.80. The summed E-state index contributed by atoms with van der Waals surface area (Å²) in [4.78, 5) is 0. The molecule has 0 aliphatic heterocycles. The average molecular weight is 348 g/mol. The number of halogens is 1. The predicted molar refractivity (Wildman–Crippen MR) is 70.5 cm³/mol. The van der Waals surface area contributed by atoms with Gasteiger partial charge < -0.3 is 0 Å². The van der Waals surface area contributed by atoms with Crippen LogP contribution in [0.1, 0.15) is 32.1 Å². The minimum Gasteiger partial charge on any atom is -0.235 e. The van der Waals surface area contributed by atoms with Gasteiger partial charge in [-0.3, -0.25) is 0 Å². The van der Waals surface area contributed by atoms with E-state index in [9.17, 15) is 13.7 Å². The highest BCUT2D eigenvalue weighted by Crippen LogP contribution is 2.30. The van der Waals surface area contributed by atoms with Crippen LogP contribution in [-0.4, -0.2) is 29.0 Å². The Kier molecular flexibility index (Phi) is 3.94. The lowest BCUT2D eigenvalue weighted by atomic mass is 9.84. The van der Waals surface area contributed by atoms with Crippen molar-refractivity contribution in [2.45, 2.75) is 42.7 Å². The van der Waals surface area contributed by atoms with Gasteiger partial charge >= 0.3 is 0 Å². The Morgan fingerprint density at radius 3 is 2.53 bits per heavy atom. The Bertz CT molecular complexity index is 593. The number of hydrogen-bond donors (Lipinski definition) is 1. The van der Waals surface area contributed by atoms with Crippen LogP contribution in [0.5, 0.6) is 0 Å². The molecule has 1 fully saturated rings. The summed E-state index contributed by atoms with van der Waals surface area (Å²) < 4.78 is 28.6. The van der Waals surface area contributed by atoms with Crippen LogP contribution in [0, 0.1) is 11.3 Å². The zero-order valence-electron chi connectivity index (χ0n) is 10.4. The molecule has 0 spiro atoms. The third-order valence-corrected chi connectivity index (χ3v) is 5.67. The average Bonchev–Trinajstić information content (AvgIpc) is 2.70. The minimum atomic E-state index is -3.83. The van der Waals surface area contributed by atoms with Crippen molar-refractivity contribution in [3.05, 3.63) is 4.60 Å². The summed E-state index contributed by atoms with van der Waals surface area (Å²) in [6.07, 6.45) is 3.79. The lowest BCUT2D eigenvalue weighted by Gasteiger charge is -2.30. The second-order valence-electron chi connectivity index (χ2n) is 4.67. The number of rotatable bonds is 3. The first-order chi connectivity index (χ1) is 8.90. The number of nitriles is 1. The van der Waals surface area contributed by atoms with Gasteiger partial charge in [-0.05, 0) is 28.8 Å². The van der Waals surface area contributed by atoms with Crippen LogP contribution >= 0.6 is 15.9 Å². The first kappa shape index (κ1) is 14.4. The summed E-state index contributed by atoms with van der Waals surface area (Å²) >= 11 is 3.06. The smallest absolute Gasteiger partial charge is 0.235 e. The number of hydrogen-bond acceptors (Lipinski definition) is 5. The van der Waals surface area contributed by atoms with Crippen molar-refractivity contribution in [2.24, 2.45) is 7.05 Å². The van der Waals surface area contributed by atoms with Crippen LogP contribution in [0.15, 0.2) is 9.63 Å². The van der Waals surface area contributed by atoms with Gasteiger partial charge in [-0.2, -0.15) is 9.98 Å². The number of nitrogens with one attached hydrogen (secondary N) is 1. The first-order valence-electron chi connectivity index (χ1n) is 5.91. The van der Waals surface area contributed by atoms with Gasteiger partial charge in [-0.25, -0.2) is 13.1 Å². The molecule has 0 bridgehead atoms. The summed E-state index contributed by atoms with van der Waals surface area (Å²) in [7, 11) is -2.34. The molecule has 0 atom stereocenters. The molecule has 9 heteroatoms. The number of nitrogens with zero attached hydrogens (tertiary/aromatic N) is 4. The van der Waals surface area contributed by atoms with E-state index in [1.54, 1.807) is 0 Å². The standard InChI is InChI=1S/C10H14BrN5O2S/c1-16-9(8(11)13-15-16)19(17,18)14-10(7-12)5-3-2-4-6-10/h14H,2-6H2,1H3. The van der Waals surface area contributed by atoms with Crippen molar-refractivity contribution >= 4 is 26.0 Å². The number of aryl methyl sites for hydroxylation is 1. The van der Waals surface area contributed by atoms with Crippen molar-refractivity contribution in [1.82, 2.24) is 19.7 Å². The molecule has 0 aromatic carbocycles. The van der Waals surface area contributed by atoms with E-state index in [4.69, 9.17) is 0 Å². The van der Waals surface area contributed by atoms with E-state index in [1.807, 2.05) is 0 Å². The molecule has 19 heavy (non-hydrogen) atoms. The van der Waals surface area contributed by atoms with E-state index < -0.39 is 15.6 Å². The van der Waals surface area contributed by atoms with Crippen molar-refractivity contribution in [1.29, 1.82) is 5.26 Å². The Morgan fingerprint density at radius 2 is 2.05 bits per heavy atom. The third-order valence-electron chi connectivity index (χ3n) is 3.24. The second kappa shape index (κ2) is 5.19. The summed E-state index contributed by atoms with van der Waals surface area (Å²) in [6, 6.07) is 2.12. The Morgan fingerprint density at radius 1 is 1.42 bits per heavy atom. The quantitative estimate of drug-likeness (QED) is 0.881.